The van der Waals surface area contributed by atoms with Crippen molar-refractivity contribution >= 4 is 22.9 Å². The molecular weight excluding hydrogens is 526 g/mol. The van der Waals surface area contributed by atoms with Crippen molar-refractivity contribution in [3.63, 3.8) is 0 Å². The average molecular weight is 564 g/mol. The van der Waals surface area contributed by atoms with Crippen LogP contribution < -0.4 is 15.4 Å². The van der Waals surface area contributed by atoms with E-state index >= 15 is 0 Å². The number of hydrogen-bond donors (Lipinski definition) is 3. The zero-order valence-corrected chi connectivity index (χ0v) is 23.6. The van der Waals surface area contributed by atoms with Gasteiger partial charge in [-0.15, -0.1) is 0 Å². The van der Waals surface area contributed by atoms with E-state index in [4.69, 9.17) is 15.2 Å². The minimum Gasteiger partial charge on any atom is -0.497 e. The van der Waals surface area contributed by atoms with Crippen LogP contribution in [-0.2, 0) is 16.0 Å². The lowest BCUT2D eigenvalue weighted by Crippen LogP contribution is -2.54. The number of fused-ring (bicyclic) bond motifs is 1. The molecular formula is C29H37N7O5. The van der Waals surface area contributed by atoms with Gasteiger partial charge in [-0.3, -0.25) is 9.36 Å². The SMILES string of the molecule is COc1ccc(CC(N)C(=O)N(C)C2C(CO)OC(n3cnc4c(N(C)C)ncnc43)C2O)cc1.c1ccccc1. The number of aliphatic hydroxyl groups is 2. The van der Waals surface area contributed by atoms with Gasteiger partial charge in [0.1, 0.15) is 24.3 Å². The molecule has 12 nitrogen and oxygen atoms in total. The zero-order valence-electron chi connectivity index (χ0n) is 23.6. The molecule has 0 bridgehead atoms. The van der Waals surface area contributed by atoms with Crippen LogP contribution in [-0.4, -0.2) is 99.7 Å². The van der Waals surface area contributed by atoms with Crippen LogP contribution in [0.5, 0.6) is 5.75 Å². The highest BCUT2D eigenvalue weighted by Crippen LogP contribution is 2.34. The van der Waals surface area contributed by atoms with E-state index in [1.54, 1.807) is 30.9 Å². The molecule has 3 heterocycles. The van der Waals surface area contributed by atoms with Crippen LogP contribution in [0.4, 0.5) is 5.82 Å². The van der Waals surface area contributed by atoms with Crippen LogP contribution in [0.2, 0.25) is 0 Å². The van der Waals surface area contributed by atoms with Crippen molar-refractivity contribution in [2.24, 2.45) is 5.73 Å². The Morgan fingerprint density at radius 2 is 1.71 bits per heavy atom. The highest BCUT2D eigenvalue weighted by Gasteiger charge is 2.48. The number of nitrogens with two attached hydrogens (primary N) is 1. The van der Waals surface area contributed by atoms with Gasteiger partial charge in [-0.1, -0.05) is 48.5 Å². The number of amides is 1. The maximum atomic E-state index is 13.2. The maximum absolute atomic E-state index is 13.2. The number of carbonyl (C=O) groups is 1. The quantitative estimate of drug-likeness (QED) is 0.285. The van der Waals surface area contributed by atoms with E-state index in [0.717, 1.165) is 5.56 Å². The maximum Gasteiger partial charge on any atom is 0.240 e. The third-order valence-electron chi connectivity index (χ3n) is 6.95. The Bertz CT molecular complexity index is 1370. The number of benzene rings is 2. The lowest BCUT2D eigenvalue weighted by atomic mass is 10.0. The first-order valence-electron chi connectivity index (χ1n) is 13.2. The second-order valence-corrected chi connectivity index (χ2v) is 9.91. The van der Waals surface area contributed by atoms with E-state index in [9.17, 15) is 15.0 Å². The number of imidazole rings is 1. The Labute approximate surface area is 239 Å². The van der Waals surface area contributed by atoms with Crippen molar-refractivity contribution in [2.45, 2.75) is 36.9 Å². The van der Waals surface area contributed by atoms with E-state index < -0.39 is 37.1 Å². The lowest BCUT2D eigenvalue weighted by Gasteiger charge is -2.31. The van der Waals surface area contributed by atoms with Gasteiger partial charge in [0.05, 0.1) is 32.1 Å². The number of hydrogen-bond acceptors (Lipinski definition) is 10. The standard InChI is InChI=1S/C23H31N7O5.C6H6/c1-28(2)20-17-21(26-11-25-20)30(12-27-17)23-19(32)18(16(10-31)35-23)29(3)22(33)15(24)9-13-5-7-14(34-4)8-6-13;1-2-4-6-5-3-1/h5-8,11-12,15-16,18-19,23,31-32H,9-10,24H2,1-4H3;1-6H. The van der Waals surface area contributed by atoms with Gasteiger partial charge in [-0.2, -0.15) is 0 Å². The molecule has 1 amide bonds. The van der Waals surface area contributed by atoms with Crippen LogP contribution in [0.15, 0.2) is 73.3 Å². The Hall–Kier alpha value is -4.10. The van der Waals surface area contributed by atoms with E-state index in [-0.39, 0.29) is 5.91 Å². The third-order valence-corrected chi connectivity index (χ3v) is 6.95. The number of methoxy groups -OCH3 is 1. The smallest absolute Gasteiger partial charge is 0.240 e. The molecule has 1 aliphatic rings. The summed E-state index contributed by atoms with van der Waals surface area (Å²) in [7, 11) is 6.82. The molecule has 41 heavy (non-hydrogen) atoms. The van der Waals surface area contributed by atoms with Crippen molar-refractivity contribution in [3.8, 4) is 5.75 Å². The first-order chi connectivity index (χ1) is 19.8. The highest BCUT2D eigenvalue weighted by molar-refractivity contribution is 5.83. The number of nitrogens with zero attached hydrogens (tertiary/aromatic N) is 6. The summed E-state index contributed by atoms with van der Waals surface area (Å²) in [6.07, 6.45) is 0.315. The molecule has 5 unspecified atom stereocenters. The van der Waals surface area contributed by atoms with Crippen LogP contribution in [0, 0.1) is 0 Å². The molecule has 12 heteroatoms. The third kappa shape index (κ3) is 6.63. The topological polar surface area (TPSA) is 152 Å². The molecule has 5 rings (SSSR count). The van der Waals surface area contributed by atoms with Gasteiger partial charge in [0.25, 0.3) is 0 Å². The summed E-state index contributed by atoms with van der Waals surface area (Å²) in [5.41, 5.74) is 8.11. The van der Waals surface area contributed by atoms with Crippen molar-refractivity contribution in [2.75, 3.05) is 39.8 Å². The van der Waals surface area contributed by atoms with Gasteiger partial charge < -0.3 is 35.2 Å². The number of likely N-dealkylation sites (N-methyl/N-ethyl adjacent to an activating group) is 1. The summed E-state index contributed by atoms with van der Waals surface area (Å²) in [5.74, 6) is 0.956. The highest BCUT2D eigenvalue weighted by atomic mass is 16.5. The van der Waals surface area contributed by atoms with Crippen molar-refractivity contribution in [1.82, 2.24) is 24.4 Å². The van der Waals surface area contributed by atoms with E-state index in [0.29, 0.717) is 29.2 Å². The second-order valence-electron chi connectivity index (χ2n) is 9.91. The number of anilines is 1. The van der Waals surface area contributed by atoms with Crippen molar-refractivity contribution in [3.05, 3.63) is 78.9 Å². The monoisotopic (exact) mass is 563 g/mol. The fraction of sp³-hybridized carbons (Fsp3) is 0.379. The summed E-state index contributed by atoms with van der Waals surface area (Å²) >= 11 is 0. The molecule has 4 N–H and O–H groups in total. The molecule has 0 radical (unpaired) electrons. The van der Waals surface area contributed by atoms with Crippen LogP contribution in [0.25, 0.3) is 11.2 Å². The summed E-state index contributed by atoms with van der Waals surface area (Å²) < 4.78 is 12.7. The second kappa shape index (κ2) is 13.5. The Morgan fingerprint density at radius 3 is 2.27 bits per heavy atom. The molecule has 2 aromatic carbocycles. The van der Waals surface area contributed by atoms with Gasteiger partial charge >= 0.3 is 0 Å². The average Bonchev–Trinajstić information content (AvgIpc) is 3.58. The normalized spacial score (nSPS) is 20.7. The van der Waals surface area contributed by atoms with Crippen LogP contribution in [0.3, 0.4) is 0 Å². The first-order valence-corrected chi connectivity index (χ1v) is 13.2. The molecule has 218 valence electrons. The molecule has 1 saturated heterocycles. The van der Waals surface area contributed by atoms with Crippen molar-refractivity contribution in [1.29, 1.82) is 0 Å². The van der Waals surface area contributed by atoms with E-state index in [1.807, 2.05) is 67.5 Å². The Morgan fingerprint density at radius 1 is 1.07 bits per heavy atom. The Kier molecular flexibility index (Phi) is 9.84. The minimum absolute atomic E-state index is 0.306. The summed E-state index contributed by atoms with van der Waals surface area (Å²) in [6, 6.07) is 17.6. The van der Waals surface area contributed by atoms with Gasteiger partial charge in [0.15, 0.2) is 23.2 Å². The fourth-order valence-electron chi connectivity index (χ4n) is 4.84. The molecule has 1 aliphatic heterocycles. The summed E-state index contributed by atoms with van der Waals surface area (Å²) in [6.45, 7) is -0.395. The number of carbonyl (C=O) groups excluding carboxylic acids is 1. The summed E-state index contributed by atoms with van der Waals surface area (Å²) in [4.78, 5) is 29.3. The molecule has 5 atom stereocenters. The predicted octanol–water partition coefficient (Wildman–Crippen LogP) is 1.24. The zero-order chi connectivity index (χ0) is 29.5. The lowest BCUT2D eigenvalue weighted by molar-refractivity contribution is -0.136. The van der Waals surface area contributed by atoms with Crippen molar-refractivity contribution < 1.29 is 24.5 Å². The molecule has 0 spiro atoms. The number of aromatic nitrogens is 4. The van der Waals surface area contributed by atoms with Gasteiger partial charge in [0, 0.05) is 21.1 Å². The molecule has 1 fully saturated rings. The van der Waals surface area contributed by atoms with E-state index in [1.165, 1.54) is 17.6 Å². The summed E-state index contributed by atoms with van der Waals surface area (Å²) in [5, 5.41) is 21.2. The molecule has 4 aromatic rings. The first kappa shape index (κ1) is 29.9. The largest absolute Gasteiger partial charge is 0.497 e. The van der Waals surface area contributed by atoms with Gasteiger partial charge in [0.2, 0.25) is 5.91 Å². The number of ether oxygens (including phenoxy) is 2. The van der Waals surface area contributed by atoms with Gasteiger partial charge in [-0.05, 0) is 24.1 Å². The molecule has 2 aromatic heterocycles. The molecule has 0 saturated carbocycles. The number of rotatable bonds is 8. The fourth-order valence-corrected chi connectivity index (χ4v) is 4.84. The predicted molar refractivity (Wildman–Crippen MR) is 154 cm³/mol. The van der Waals surface area contributed by atoms with Crippen LogP contribution in [0.1, 0.15) is 11.8 Å². The Balaban J connectivity index is 0.000000572. The van der Waals surface area contributed by atoms with E-state index in [2.05, 4.69) is 15.0 Å². The van der Waals surface area contributed by atoms with Crippen LogP contribution >= 0.6 is 0 Å². The minimum atomic E-state index is -1.16. The number of aliphatic hydroxyl groups excluding tert-OH is 2. The van der Waals surface area contributed by atoms with Gasteiger partial charge in [-0.25, -0.2) is 15.0 Å². The molecule has 0 aliphatic carbocycles.